The van der Waals surface area contributed by atoms with Crippen LogP contribution in [0.5, 0.6) is 0 Å². The average Bonchev–Trinajstić information content (AvgIpc) is 2.82. The molecule has 112 valence electrons. The molecular weight excluding hydrogens is 300 g/mol. The van der Waals surface area contributed by atoms with Crippen LogP contribution in [-0.4, -0.2) is 44.6 Å². The molecule has 0 bridgehead atoms. The maximum absolute atomic E-state index is 12.2. The van der Waals surface area contributed by atoms with E-state index in [0.29, 0.717) is 12.1 Å². The molecule has 0 saturated carbocycles. The van der Waals surface area contributed by atoms with E-state index in [1.165, 1.54) is 18.2 Å². The molecule has 2 rings (SSSR count). The highest BCUT2D eigenvalue weighted by molar-refractivity contribution is 7.89. The largest absolute Gasteiger partial charge is 0.392 e. The minimum atomic E-state index is -3.56. The van der Waals surface area contributed by atoms with Gasteiger partial charge < -0.3 is 10.0 Å². The number of nitrogens with one attached hydrogen (secondary N) is 1. The SMILES string of the molecule is CN1CCCC1CNS(=O)(=O)c1ccc(CO)c(Cl)c1. The number of nitrogens with zero attached hydrogens (tertiary/aromatic N) is 1. The van der Waals surface area contributed by atoms with Crippen molar-refractivity contribution in [2.24, 2.45) is 0 Å². The third kappa shape index (κ3) is 3.51. The molecule has 0 aromatic heterocycles. The number of likely N-dealkylation sites (N-methyl/N-ethyl adjacent to an activating group) is 1. The number of likely N-dealkylation sites (tertiary alicyclic amines) is 1. The van der Waals surface area contributed by atoms with E-state index in [1.807, 2.05) is 7.05 Å². The Morgan fingerprint density at radius 2 is 2.25 bits per heavy atom. The minimum absolute atomic E-state index is 0.125. The molecule has 5 nitrogen and oxygen atoms in total. The number of hydrogen-bond acceptors (Lipinski definition) is 4. The van der Waals surface area contributed by atoms with E-state index in [1.54, 1.807) is 0 Å². The van der Waals surface area contributed by atoms with E-state index in [0.717, 1.165) is 19.4 Å². The summed E-state index contributed by atoms with van der Waals surface area (Å²) < 4.78 is 27.0. The van der Waals surface area contributed by atoms with Gasteiger partial charge in [0.25, 0.3) is 0 Å². The van der Waals surface area contributed by atoms with Crippen molar-refractivity contribution in [1.29, 1.82) is 0 Å². The van der Waals surface area contributed by atoms with E-state index in [9.17, 15) is 8.42 Å². The smallest absolute Gasteiger partial charge is 0.240 e. The molecule has 0 spiro atoms. The number of aliphatic hydroxyl groups excluding tert-OH is 1. The van der Waals surface area contributed by atoms with Crippen LogP contribution >= 0.6 is 11.6 Å². The third-order valence-corrected chi connectivity index (χ3v) is 5.46. The van der Waals surface area contributed by atoms with Crippen LogP contribution in [0, 0.1) is 0 Å². The monoisotopic (exact) mass is 318 g/mol. The van der Waals surface area contributed by atoms with Gasteiger partial charge in [-0.3, -0.25) is 0 Å². The van der Waals surface area contributed by atoms with E-state index in [-0.39, 0.29) is 22.6 Å². The Balaban J connectivity index is 2.08. The number of aliphatic hydroxyl groups is 1. The fourth-order valence-corrected chi connectivity index (χ4v) is 3.75. The van der Waals surface area contributed by atoms with Gasteiger partial charge >= 0.3 is 0 Å². The summed E-state index contributed by atoms with van der Waals surface area (Å²) in [6.45, 7) is 1.20. The summed E-state index contributed by atoms with van der Waals surface area (Å²) in [4.78, 5) is 2.28. The topological polar surface area (TPSA) is 69.6 Å². The number of sulfonamides is 1. The van der Waals surface area contributed by atoms with Crippen LogP contribution in [0.15, 0.2) is 23.1 Å². The average molecular weight is 319 g/mol. The van der Waals surface area contributed by atoms with Crippen molar-refractivity contribution in [3.8, 4) is 0 Å². The molecule has 1 atom stereocenters. The lowest BCUT2D eigenvalue weighted by molar-refractivity contribution is 0.282. The third-order valence-electron chi connectivity index (χ3n) is 3.69. The van der Waals surface area contributed by atoms with Crippen LogP contribution in [0.25, 0.3) is 0 Å². The standard InChI is InChI=1S/C13H19ClN2O3S/c1-16-6-2-3-11(16)8-15-20(18,19)12-5-4-10(9-17)13(14)7-12/h4-5,7,11,15,17H,2-3,6,8-9H2,1H3. The maximum Gasteiger partial charge on any atom is 0.240 e. The van der Waals surface area contributed by atoms with Crippen LogP contribution in [0.3, 0.4) is 0 Å². The van der Waals surface area contributed by atoms with Gasteiger partial charge in [-0.1, -0.05) is 17.7 Å². The highest BCUT2D eigenvalue weighted by Crippen LogP contribution is 2.21. The Hall–Kier alpha value is -0.660. The van der Waals surface area contributed by atoms with E-state index in [2.05, 4.69) is 9.62 Å². The van der Waals surface area contributed by atoms with Gasteiger partial charge in [0, 0.05) is 17.6 Å². The van der Waals surface area contributed by atoms with Gasteiger partial charge in [0.15, 0.2) is 0 Å². The Kier molecular flexibility index (Phi) is 5.04. The van der Waals surface area contributed by atoms with Crippen molar-refractivity contribution in [1.82, 2.24) is 9.62 Å². The zero-order valence-corrected chi connectivity index (χ0v) is 12.9. The summed E-state index contributed by atoms with van der Waals surface area (Å²) in [7, 11) is -1.56. The van der Waals surface area contributed by atoms with Gasteiger partial charge in [0.1, 0.15) is 0 Å². The molecule has 2 N–H and O–H groups in total. The van der Waals surface area contributed by atoms with Crippen molar-refractivity contribution in [3.05, 3.63) is 28.8 Å². The van der Waals surface area contributed by atoms with Gasteiger partial charge in [0.2, 0.25) is 10.0 Å². The van der Waals surface area contributed by atoms with Gasteiger partial charge in [-0.15, -0.1) is 0 Å². The summed E-state index contributed by atoms with van der Waals surface area (Å²) in [6, 6.07) is 4.60. The quantitative estimate of drug-likeness (QED) is 0.856. The first-order valence-corrected chi connectivity index (χ1v) is 8.39. The van der Waals surface area contributed by atoms with E-state index < -0.39 is 10.0 Å². The molecular formula is C13H19ClN2O3S. The van der Waals surface area contributed by atoms with E-state index >= 15 is 0 Å². The molecule has 20 heavy (non-hydrogen) atoms. The first-order chi connectivity index (χ1) is 9.44. The molecule has 1 aromatic carbocycles. The second-order valence-electron chi connectivity index (χ2n) is 5.04. The fraction of sp³-hybridized carbons (Fsp3) is 0.538. The number of rotatable bonds is 5. The zero-order valence-electron chi connectivity index (χ0n) is 11.3. The van der Waals surface area contributed by atoms with Crippen LogP contribution < -0.4 is 4.72 Å². The highest BCUT2D eigenvalue weighted by Gasteiger charge is 2.23. The molecule has 0 aliphatic carbocycles. The second kappa shape index (κ2) is 6.41. The first kappa shape index (κ1) is 15.7. The lowest BCUT2D eigenvalue weighted by atomic mass is 10.2. The second-order valence-corrected chi connectivity index (χ2v) is 7.21. The maximum atomic E-state index is 12.2. The fourth-order valence-electron chi connectivity index (χ4n) is 2.35. The molecule has 1 saturated heterocycles. The van der Waals surface area contributed by atoms with Crippen molar-refractivity contribution in [2.45, 2.75) is 30.4 Å². The Morgan fingerprint density at radius 1 is 1.50 bits per heavy atom. The molecule has 0 radical (unpaired) electrons. The molecule has 1 heterocycles. The Bertz CT molecular complexity index is 577. The molecule has 1 aromatic rings. The molecule has 1 fully saturated rings. The normalized spacial score (nSPS) is 20.4. The highest BCUT2D eigenvalue weighted by atomic mass is 35.5. The van der Waals surface area contributed by atoms with Crippen molar-refractivity contribution in [3.63, 3.8) is 0 Å². The molecule has 1 aliphatic heterocycles. The summed E-state index contributed by atoms with van der Waals surface area (Å²) in [5.74, 6) is 0. The minimum Gasteiger partial charge on any atom is -0.392 e. The summed E-state index contributed by atoms with van der Waals surface area (Å²) >= 11 is 5.93. The summed E-state index contributed by atoms with van der Waals surface area (Å²) in [6.07, 6.45) is 2.10. The predicted octanol–water partition coefficient (Wildman–Crippen LogP) is 1.20. The zero-order chi connectivity index (χ0) is 14.8. The Labute approximate surface area is 124 Å². The van der Waals surface area contributed by atoms with Crippen molar-refractivity contribution in [2.75, 3.05) is 20.1 Å². The van der Waals surface area contributed by atoms with Gasteiger partial charge in [-0.05, 0) is 44.1 Å². The van der Waals surface area contributed by atoms with Crippen LogP contribution in [0.1, 0.15) is 18.4 Å². The summed E-state index contributed by atoms with van der Waals surface area (Å²) in [5.41, 5.74) is 0.515. The van der Waals surface area contributed by atoms with Gasteiger partial charge in [-0.2, -0.15) is 0 Å². The number of hydrogen-bond donors (Lipinski definition) is 2. The van der Waals surface area contributed by atoms with Crippen LogP contribution in [-0.2, 0) is 16.6 Å². The van der Waals surface area contributed by atoms with Crippen LogP contribution in [0.2, 0.25) is 5.02 Å². The lowest BCUT2D eigenvalue weighted by Gasteiger charge is -2.19. The van der Waals surface area contributed by atoms with Crippen molar-refractivity contribution < 1.29 is 13.5 Å². The molecule has 1 unspecified atom stereocenters. The molecule has 7 heteroatoms. The van der Waals surface area contributed by atoms with E-state index in [4.69, 9.17) is 16.7 Å². The Morgan fingerprint density at radius 3 is 2.80 bits per heavy atom. The summed E-state index contributed by atoms with van der Waals surface area (Å²) in [5, 5.41) is 9.29. The number of halogens is 1. The predicted molar refractivity (Wildman–Crippen MR) is 78.2 cm³/mol. The van der Waals surface area contributed by atoms with Crippen molar-refractivity contribution >= 4 is 21.6 Å². The first-order valence-electron chi connectivity index (χ1n) is 6.53. The van der Waals surface area contributed by atoms with Gasteiger partial charge in [-0.25, -0.2) is 13.1 Å². The number of benzene rings is 1. The van der Waals surface area contributed by atoms with Gasteiger partial charge in [0.05, 0.1) is 11.5 Å². The van der Waals surface area contributed by atoms with Crippen LogP contribution in [0.4, 0.5) is 0 Å². The lowest BCUT2D eigenvalue weighted by Crippen LogP contribution is -2.38. The molecule has 1 aliphatic rings. The molecule has 0 amide bonds.